The zero-order chi connectivity index (χ0) is 27.8. The summed E-state index contributed by atoms with van der Waals surface area (Å²) < 4.78 is 18.0. The Labute approximate surface area is 249 Å². The number of rotatable bonds is 10. The maximum Gasteiger partial charge on any atom is 0.275 e. The first-order chi connectivity index (χ1) is 18.9. The molecular formula is C29H22BrCl3N2O4. The number of benzene rings is 4. The Kier molecular flexibility index (Phi) is 10.1. The molecule has 0 saturated heterocycles. The van der Waals surface area contributed by atoms with Crippen LogP contribution in [0.2, 0.25) is 15.1 Å². The van der Waals surface area contributed by atoms with E-state index in [4.69, 9.17) is 49.0 Å². The van der Waals surface area contributed by atoms with Crippen molar-refractivity contribution in [3.63, 3.8) is 0 Å². The van der Waals surface area contributed by atoms with Crippen LogP contribution in [0.5, 0.6) is 17.2 Å². The van der Waals surface area contributed by atoms with Crippen LogP contribution in [0, 0.1) is 0 Å². The van der Waals surface area contributed by atoms with Crippen molar-refractivity contribution in [2.75, 3.05) is 7.11 Å². The molecule has 6 nitrogen and oxygen atoms in total. The van der Waals surface area contributed by atoms with Crippen molar-refractivity contribution in [2.24, 2.45) is 5.10 Å². The number of carbonyl (C=O) groups is 1. The summed E-state index contributed by atoms with van der Waals surface area (Å²) in [6, 6.07) is 23.0. The Morgan fingerprint density at radius 1 is 0.846 bits per heavy atom. The monoisotopic (exact) mass is 646 g/mol. The Morgan fingerprint density at radius 2 is 1.54 bits per heavy atom. The fourth-order valence-electron chi connectivity index (χ4n) is 3.49. The lowest BCUT2D eigenvalue weighted by Crippen LogP contribution is -2.18. The first-order valence-corrected chi connectivity index (χ1v) is 13.5. The van der Waals surface area contributed by atoms with Gasteiger partial charge in [-0.15, -0.1) is 0 Å². The topological polar surface area (TPSA) is 69.2 Å². The zero-order valence-corrected chi connectivity index (χ0v) is 24.4. The number of hydrogen-bond acceptors (Lipinski definition) is 5. The molecule has 0 spiro atoms. The van der Waals surface area contributed by atoms with Crippen molar-refractivity contribution in [2.45, 2.75) is 13.2 Å². The first-order valence-electron chi connectivity index (χ1n) is 11.6. The summed E-state index contributed by atoms with van der Waals surface area (Å²) in [5.41, 5.74) is 5.13. The van der Waals surface area contributed by atoms with E-state index in [0.717, 1.165) is 11.1 Å². The maximum absolute atomic E-state index is 12.9. The van der Waals surface area contributed by atoms with Gasteiger partial charge in [-0.05, 0) is 58.4 Å². The van der Waals surface area contributed by atoms with Gasteiger partial charge in [-0.25, -0.2) is 5.43 Å². The summed E-state index contributed by atoms with van der Waals surface area (Å²) in [4.78, 5) is 12.9. The zero-order valence-electron chi connectivity index (χ0n) is 20.6. The number of methoxy groups -OCH3 is 1. The summed E-state index contributed by atoms with van der Waals surface area (Å²) >= 11 is 21.9. The highest BCUT2D eigenvalue weighted by Gasteiger charge is 2.14. The van der Waals surface area contributed by atoms with Crippen LogP contribution in [0.3, 0.4) is 0 Å². The number of hydrogen-bond donors (Lipinski definition) is 1. The van der Waals surface area contributed by atoms with E-state index < -0.39 is 5.91 Å². The quantitative estimate of drug-likeness (QED) is 0.139. The van der Waals surface area contributed by atoms with Gasteiger partial charge in [-0.3, -0.25) is 4.79 Å². The maximum atomic E-state index is 12.9. The summed E-state index contributed by atoms with van der Waals surface area (Å²) in [5, 5.41) is 5.77. The van der Waals surface area contributed by atoms with E-state index in [2.05, 4.69) is 26.5 Å². The molecule has 0 aliphatic heterocycles. The van der Waals surface area contributed by atoms with Crippen LogP contribution >= 0.6 is 50.7 Å². The van der Waals surface area contributed by atoms with Crippen LogP contribution in [-0.2, 0) is 13.2 Å². The lowest BCUT2D eigenvalue weighted by atomic mass is 10.2. The molecule has 0 heterocycles. The molecule has 0 saturated carbocycles. The molecule has 0 radical (unpaired) electrons. The van der Waals surface area contributed by atoms with E-state index in [1.807, 2.05) is 18.2 Å². The molecule has 10 heteroatoms. The minimum absolute atomic E-state index is 0.221. The number of amides is 1. The third kappa shape index (κ3) is 7.67. The molecule has 39 heavy (non-hydrogen) atoms. The highest BCUT2D eigenvalue weighted by atomic mass is 79.9. The molecular weight excluding hydrogens is 627 g/mol. The van der Waals surface area contributed by atoms with Crippen LogP contribution < -0.4 is 19.6 Å². The minimum atomic E-state index is -0.427. The Hall–Kier alpha value is -3.23. The van der Waals surface area contributed by atoms with Gasteiger partial charge < -0.3 is 14.2 Å². The average molecular weight is 649 g/mol. The largest absolute Gasteiger partial charge is 0.493 e. The molecule has 0 unspecified atom stereocenters. The van der Waals surface area contributed by atoms with Gasteiger partial charge in [0.25, 0.3) is 5.91 Å². The Balaban J connectivity index is 1.42. The summed E-state index contributed by atoms with van der Waals surface area (Å²) in [6.07, 6.45) is 1.50. The van der Waals surface area contributed by atoms with Crippen LogP contribution in [0.1, 0.15) is 27.0 Å². The lowest BCUT2D eigenvalue weighted by Gasteiger charge is -2.13. The summed E-state index contributed by atoms with van der Waals surface area (Å²) in [5.74, 6) is 0.967. The standard InChI is InChI=1S/C29H22BrCl3N2O4/c1-37-27-12-20(23(30)14-28(27)39-17-19-10-11-21(31)13-25(19)33)15-34-35-29(36)22-7-3-5-9-26(22)38-16-18-6-2-4-8-24(18)32/h2-15H,16-17H2,1H3,(H,35,36)/b34-15+. The van der Waals surface area contributed by atoms with Gasteiger partial charge in [-0.1, -0.05) is 71.2 Å². The van der Waals surface area contributed by atoms with Gasteiger partial charge in [0.2, 0.25) is 0 Å². The molecule has 1 amide bonds. The van der Waals surface area contributed by atoms with Crippen LogP contribution in [0.25, 0.3) is 0 Å². The lowest BCUT2D eigenvalue weighted by molar-refractivity contribution is 0.0950. The van der Waals surface area contributed by atoms with Crippen molar-refractivity contribution in [3.05, 3.63) is 121 Å². The predicted molar refractivity (Wildman–Crippen MR) is 159 cm³/mol. The summed E-state index contributed by atoms with van der Waals surface area (Å²) in [6.45, 7) is 0.443. The number of hydrazone groups is 1. The number of ether oxygens (including phenoxy) is 3. The molecule has 4 aromatic carbocycles. The fraction of sp³-hybridized carbons (Fsp3) is 0.103. The molecule has 0 fully saturated rings. The number of para-hydroxylation sites is 1. The van der Waals surface area contributed by atoms with Gasteiger partial charge in [0.05, 0.1) is 18.9 Å². The molecule has 0 atom stereocenters. The van der Waals surface area contributed by atoms with Crippen LogP contribution in [0.4, 0.5) is 0 Å². The fourth-order valence-corrected chi connectivity index (χ4v) is 4.57. The number of halogens is 4. The highest BCUT2D eigenvalue weighted by Crippen LogP contribution is 2.34. The van der Waals surface area contributed by atoms with E-state index >= 15 is 0 Å². The van der Waals surface area contributed by atoms with Gasteiger partial charge in [0.15, 0.2) is 11.5 Å². The van der Waals surface area contributed by atoms with Crippen molar-refractivity contribution >= 4 is 62.9 Å². The molecule has 0 aromatic heterocycles. The predicted octanol–water partition coefficient (Wildman–Crippen LogP) is 8.34. The second-order valence-corrected chi connectivity index (χ2v) is 10.2. The molecule has 0 bridgehead atoms. The first kappa shape index (κ1) is 28.8. The number of nitrogens with one attached hydrogen (secondary N) is 1. The molecule has 200 valence electrons. The normalized spacial score (nSPS) is 10.9. The molecule has 0 aliphatic carbocycles. The summed E-state index contributed by atoms with van der Waals surface area (Å²) in [7, 11) is 1.54. The minimum Gasteiger partial charge on any atom is -0.493 e. The number of carbonyl (C=O) groups excluding carboxylic acids is 1. The molecule has 4 rings (SSSR count). The van der Waals surface area contributed by atoms with E-state index in [0.29, 0.717) is 47.9 Å². The van der Waals surface area contributed by atoms with E-state index in [-0.39, 0.29) is 13.2 Å². The smallest absolute Gasteiger partial charge is 0.275 e. The van der Waals surface area contributed by atoms with Gasteiger partial charge in [-0.2, -0.15) is 5.10 Å². The van der Waals surface area contributed by atoms with Crippen LogP contribution in [0.15, 0.2) is 88.4 Å². The SMILES string of the molecule is COc1cc(/C=N/NC(=O)c2ccccc2OCc2ccccc2Cl)c(Br)cc1OCc1ccc(Cl)cc1Cl. The van der Waals surface area contributed by atoms with E-state index in [9.17, 15) is 4.79 Å². The Bertz CT molecular complexity index is 1510. The third-order valence-corrected chi connectivity index (χ3v) is 7.17. The van der Waals surface area contributed by atoms with Crippen molar-refractivity contribution < 1.29 is 19.0 Å². The second-order valence-electron chi connectivity index (χ2n) is 8.12. The average Bonchev–Trinajstić information content (AvgIpc) is 2.93. The van der Waals surface area contributed by atoms with Gasteiger partial charge in [0, 0.05) is 36.2 Å². The molecule has 0 aliphatic rings. The molecule has 4 aromatic rings. The van der Waals surface area contributed by atoms with Crippen LogP contribution in [-0.4, -0.2) is 19.2 Å². The molecule has 1 N–H and O–H groups in total. The van der Waals surface area contributed by atoms with Crippen molar-refractivity contribution in [3.8, 4) is 17.2 Å². The second kappa shape index (κ2) is 13.7. The van der Waals surface area contributed by atoms with E-state index in [1.165, 1.54) is 13.3 Å². The third-order valence-electron chi connectivity index (χ3n) is 5.52. The Morgan fingerprint density at radius 3 is 2.28 bits per heavy atom. The van der Waals surface area contributed by atoms with Crippen molar-refractivity contribution in [1.29, 1.82) is 0 Å². The van der Waals surface area contributed by atoms with Crippen molar-refractivity contribution in [1.82, 2.24) is 5.43 Å². The van der Waals surface area contributed by atoms with Gasteiger partial charge in [0.1, 0.15) is 19.0 Å². The van der Waals surface area contributed by atoms with E-state index in [1.54, 1.807) is 60.7 Å². The highest BCUT2D eigenvalue weighted by molar-refractivity contribution is 9.10. The number of nitrogens with zero attached hydrogens (tertiary/aromatic N) is 1. The van der Waals surface area contributed by atoms with Gasteiger partial charge >= 0.3 is 0 Å².